The first-order valence-corrected chi connectivity index (χ1v) is 5.40. The average Bonchev–Trinajstić information content (AvgIpc) is 2.27. The Morgan fingerprint density at radius 2 is 1.77 bits per heavy atom. The van der Waals surface area contributed by atoms with Gasteiger partial charge in [-0.25, -0.2) is 0 Å². The third-order valence-electron chi connectivity index (χ3n) is 3.04. The SMILES string of the molecule is O=C(C1CCN1)N1CCCCCC1. The van der Waals surface area contributed by atoms with Gasteiger partial charge in [0.15, 0.2) is 0 Å². The summed E-state index contributed by atoms with van der Waals surface area (Å²) in [5.41, 5.74) is 0. The van der Waals surface area contributed by atoms with Gasteiger partial charge in [0, 0.05) is 13.1 Å². The Kier molecular flexibility index (Phi) is 2.83. The lowest BCUT2D eigenvalue weighted by Crippen LogP contribution is -2.54. The zero-order valence-electron chi connectivity index (χ0n) is 8.09. The molecule has 3 nitrogen and oxygen atoms in total. The number of carbonyl (C=O) groups excluding carboxylic acids is 1. The number of hydrogen-bond acceptors (Lipinski definition) is 2. The fourth-order valence-electron chi connectivity index (χ4n) is 2.01. The smallest absolute Gasteiger partial charge is 0.239 e. The van der Waals surface area contributed by atoms with E-state index in [1.165, 1.54) is 25.7 Å². The molecule has 0 bridgehead atoms. The van der Waals surface area contributed by atoms with Gasteiger partial charge in [-0.15, -0.1) is 0 Å². The maximum atomic E-state index is 11.8. The predicted molar refractivity (Wildman–Crippen MR) is 51.5 cm³/mol. The molecular formula is C10H18N2O. The van der Waals surface area contributed by atoms with Crippen LogP contribution < -0.4 is 5.32 Å². The summed E-state index contributed by atoms with van der Waals surface area (Å²) in [7, 11) is 0. The van der Waals surface area contributed by atoms with Crippen molar-refractivity contribution in [3.05, 3.63) is 0 Å². The number of carbonyl (C=O) groups is 1. The summed E-state index contributed by atoms with van der Waals surface area (Å²) in [6.45, 7) is 2.98. The van der Waals surface area contributed by atoms with Crippen molar-refractivity contribution >= 4 is 5.91 Å². The van der Waals surface area contributed by atoms with E-state index in [2.05, 4.69) is 5.32 Å². The van der Waals surface area contributed by atoms with Crippen molar-refractivity contribution in [3.8, 4) is 0 Å². The second-order valence-electron chi connectivity index (χ2n) is 4.03. The number of nitrogens with one attached hydrogen (secondary N) is 1. The lowest BCUT2D eigenvalue weighted by molar-refractivity contribution is -0.135. The molecule has 1 atom stereocenters. The van der Waals surface area contributed by atoms with Crippen molar-refractivity contribution in [2.75, 3.05) is 19.6 Å². The summed E-state index contributed by atoms with van der Waals surface area (Å²) in [5, 5.41) is 3.17. The Morgan fingerprint density at radius 3 is 2.23 bits per heavy atom. The Labute approximate surface area is 79.5 Å². The van der Waals surface area contributed by atoms with Crippen LogP contribution >= 0.6 is 0 Å². The Balaban J connectivity index is 1.85. The second-order valence-corrected chi connectivity index (χ2v) is 4.03. The van der Waals surface area contributed by atoms with E-state index in [0.717, 1.165) is 26.1 Å². The van der Waals surface area contributed by atoms with Crippen LogP contribution in [0.15, 0.2) is 0 Å². The van der Waals surface area contributed by atoms with Crippen molar-refractivity contribution in [1.82, 2.24) is 10.2 Å². The largest absolute Gasteiger partial charge is 0.341 e. The van der Waals surface area contributed by atoms with Crippen LogP contribution in [0.3, 0.4) is 0 Å². The molecule has 0 radical (unpaired) electrons. The fraction of sp³-hybridized carbons (Fsp3) is 0.900. The van der Waals surface area contributed by atoms with E-state index in [1.807, 2.05) is 4.90 Å². The lowest BCUT2D eigenvalue weighted by atomic mass is 10.1. The second kappa shape index (κ2) is 4.09. The topological polar surface area (TPSA) is 32.3 Å². The Hall–Kier alpha value is -0.570. The van der Waals surface area contributed by atoms with Crippen molar-refractivity contribution in [1.29, 1.82) is 0 Å². The number of nitrogens with zero attached hydrogens (tertiary/aromatic N) is 1. The minimum Gasteiger partial charge on any atom is -0.341 e. The van der Waals surface area contributed by atoms with E-state index in [0.29, 0.717) is 5.91 Å². The molecule has 2 rings (SSSR count). The van der Waals surface area contributed by atoms with E-state index in [1.54, 1.807) is 0 Å². The van der Waals surface area contributed by atoms with Crippen molar-refractivity contribution < 1.29 is 4.79 Å². The van der Waals surface area contributed by atoms with E-state index in [-0.39, 0.29) is 6.04 Å². The molecule has 1 amide bonds. The van der Waals surface area contributed by atoms with Gasteiger partial charge in [-0.2, -0.15) is 0 Å². The first kappa shape index (κ1) is 9.00. The first-order chi connectivity index (χ1) is 6.38. The number of likely N-dealkylation sites (tertiary alicyclic amines) is 1. The van der Waals surface area contributed by atoms with Gasteiger partial charge in [-0.1, -0.05) is 12.8 Å². The molecule has 1 N–H and O–H groups in total. The third-order valence-corrected chi connectivity index (χ3v) is 3.04. The molecule has 0 aromatic heterocycles. The van der Waals surface area contributed by atoms with Crippen LogP contribution in [0.2, 0.25) is 0 Å². The molecule has 2 fully saturated rings. The Morgan fingerprint density at radius 1 is 1.15 bits per heavy atom. The summed E-state index contributed by atoms with van der Waals surface area (Å²) < 4.78 is 0. The van der Waals surface area contributed by atoms with Crippen LogP contribution in [-0.2, 0) is 4.79 Å². The van der Waals surface area contributed by atoms with Gasteiger partial charge < -0.3 is 10.2 Å². The lowest BCUT2D eigenvalue weighted by Gasteiger charge is -2.32. The monoisotopic (exact) mass is 182 g/mol. The molecule has 0 spiro atoms. The van der Waals surface area contributed by atoms with E-state index >= 15 is 0 Å². The first-order valence-electron chi connectivity index (χ1n) is 5.40. The van der Waals surface area contributed by atoms with Gasteiger partial charge in [-0.3, -0.25) is 4.79 Å². The highest BCUT2D eigenvalue weighted by atomic mass is 16.2. The highest BCUT2D eigenvalue weighted by molar-refractivity contribution is 5.82. The normalized spacial score (nSPS) is 29.2. The summed E-state index contributed by atoms with van der Waals surface area (Å²) in [6, 6.07) is 0.151. The number of amides is 1. The molecule has 0 aromatic rings. The fourth-order valence-corrected chi connectivity index (χ4v) is 2.01. The molecule has 0 aromatic carbocycles. The number of hydrogen-bond donors (Lipinski definition) is 1. The van der Waals surface area contributed by atoms with Crippen molar-refractivity contribution in [2.24, 2.45) is 0 Å². The van der Waals surface area contributed by atoms with Gasteiger partial charge in [0.2, 0.25) is 5.91 Å². The highest BCUT2D eigenvalue weighted by Crippen LogP contribution is 2.13. The minimum absolute atomic E-state index is 0.151. The average molecular weight is 182 g/mol. The van der Waals surface area contributed by atoms with Gasteiger partial charge in [0.05, 0.1) is 6.04 Å². The standard InChI is InChI=1S/C10H18N2O/c13-10(9-5-6-11-9)12-7-3-1-2-4-8-12/h9,11H,1-8H2. The summed E-state index contributed by atoms with van der Waals surface area (Å²) in [5.74, 6) is 0.341. The van der Waals surface area contributed by atoms with Crippen LogP contribution in [0.4, 0.5) is 0 Å². The zero-order valence-corrected chi connectivity index (χ0v) is 8.09. The molecule has 2 saturated heterocycles. The minimum atomic E-state index is 0.151. The molecule has 2 aliphatic heterocycles. The summed E-state index contributed by atoms with van der Waals surface area (Å²) in [6.07, 6.45) is 6.01. The van der Waals surface area contributed by atoms with Crippen LogP contribution in [0.5, 0.6) is 0 Å². The van der Waals surface area contributed by atoms with Gasteiger partial charge in [0.1, 0.15) is 0 Å². The molecule has 0 aliphatic carbocycles. The maximum absolute atomic E-state index is 11.8. The van der Waals surface area contributed by atoms with Crippen molar-refractivity contribution in [2.45, 2.75) is 38.1 Å². The quantitative estimate of drug-likeness (QED) is 0.649. The summed E-state index contributed by atoms with van der Waals surface area (Å²) >= 11 is 0. The molecule has 13 heavy (non-hydrogen) atoms. The van der Waals surface area contributed by atoms with E-state index < -0.39 is 0 Å². The predicted octanol–water partition coefficient (Wildman–Crippen LogP) is 0.751. The molecule has 74 valence electrons. The van der Waals surface area contributed by atoms with Gasteiger partial charge in [-0.05, 0) is 25.8 Å². The molecule has 3 heteroatoms. The van der Waals surface area contributed by atoms with Gasteiger partial charge in [0.25, 0.3) is 0 Å². The van der Waals surface area contributed by atoms with Gasteiger partial charge >= 0.3 is 0 Å². The maximum Gasteiger partial charge on any atom is 0.239 e. The van der Waals surface area contributed by atoms with Crippen molar-refractivity contribution in [3.63, 3.8) is 0 Å². The highest BCUT2D eigenvalue weighted by Gasteiger charge is 2.28. The van der Waals surface area contributed by atoms with Crippen LogP contribution in [0.1, 0.15) is 32.1 Å². The zero-order chi connectivity index (χ0) is 9.10. The molecule has 2 heterocycles. The molecular weight excluding hydrogens is 164 g/mol. The van der Waals surface area contributed by atoms with Crippen LogP contribution in [0.25, 0.3) is 0 Å². The molecule has 0 saturated carbocycles. The Bertz CT molecular complexity index is 181. The third kappa shape index (κ3) is 2.02. The van der Waals surface area contributed by atoms with Crippen LogP contribution in [0, 0.1) is 0 Å². The number of rotatable bonds is 1. The molecule has 2 aliphatic rings. The van der Waals surface area contributed by atoms with Crippen LogP contribution in [-0.4, -0.2) is 36.5 Å². The van der Waals surface area contributed by atoms with E-state index in [9.17, 15) is 4.79 Å². The van der Waals surface area contributed by atoms with E-state index in [4.69, 9.17) is 0 Å². The summed E-state index contributed by atoms with van der Waals surface area (Å²) in [4.78, 5) is 13.8. The molecule has 1 unspecified atom stereocenters.